The summed E-state index contributed by atoms with van der Waals surface area (Å²) in [5.74, 6) is 0.981. The Morgan fingerprint density at radius 2 is 2.13 bits per heavy atom. The summed E-state index contributed by atoms with van der Waals surface area (Å²) >= 11 is 6.48. The monoisotopic (exact) mass is 421 g/mol. The third-order valence-electron chi connectivity index (χ3n) is 4.80. The van der Waals surface area contributed by atoms with Crippen molar-refractivity contribution in [2.75, 3.05) is 5.32 Å². The van der Waals surface area contributed by atoms with Crippen LogP contribution in [0.25, 0.3) is 33.3 Å². The lowest BCUT2D eigenvalue weighted by Crippen LogP contribution is -2.11. The maximum atomic E-state index is 9.33. The molecule has 1 atom stereocenters. The summed E-state index contributed by atoms with van der Waals surface area (Å²) in [5.41, 5.74) is 3.15. The number of H-pyrrole nitrogens is 1. The van der Waals surface area contributed by atoms with Crippen molar-refractivity contribution in [3.05, 3.63) is 59.5 Å². The van der Waals surface area contributed by atoms with Crippen LogP contribution in [0.3, 0.4) is 0 Å². The van der Waals surface area contributed by atoms with Gasteiger partial charge in [0.05, 0.1) is 23.1 Å². The average Bonchev–Trinajstić information content (AvgIpc) is 3.43. The van der Waals surface area contributed by atoms with E-state index in [0.29, 0.717) is 33.6 Å². The number of aromatic nitrogens is 6. The van der Waals surface area contributed by atoms with Gasteiger partial charge in [0, 0.05) is 11.5 Å². The molecule has 0 aliphatic carbocycles. The number of nitrogens with one attached hydrogen (secondary N) is 2. The number of aliphatic hydroxyl groups is 1. The number of aromatic amines is 1. The number of fused-ring (bicyclic) bond motifs is 2. The molecular formula is C20H16ClN7O2. The zero-order valence-corrected chi connectivity index (χ0v) is 16.6. The van der Waals surface area contributed by atoms with Gasteiger partial charge in [-0.05, 0) is 24.4 Å². The van der Waals surface area contributed by atoms with Gasteiger partial charge in [-0.2, -0.15) is 0 Å². The second-order valence-corrected chi connectivity index (χ2v) is 7.17. The Morgan fingerprint density at radius 1 is 1.23 bits per heavy atom. The lowest BCUT2D eigenvalue weighted by atomic mass is 10.0. The number of benzene rings is 1. The van der Waals surface area contributed by atoms with Crippen LogP contribution in [0.1, 0.15) is 24.4 Å². The smallest absolute Gasteiger partial charge is 0.182 e. The zero-order valence-electron chi connectivity index (χ0n) is 15.8. The fourth-order valence-electron chi connectivity index (χ4n) is 3.35. The zero-order chi connectivity index (χ0) is 20.7. The lowest BCUT2D eigenvalue weighted by molar-refractivity contribution is 0.229. The first-order valence-corrected chi connectivity index (χ1v) is 9.58. The molecule has 0 saturated heterocycles. The highest BCUT2D eigenvalue weighted by Crippen LogP contribution is 2.34. The average molecular weight is 422 g/mol. The summed E-state index contributed by atoms with van der Waals surface area (Å²) in [6.07, 6.45) is 3.04. The van der Waals surface area contributed by atoms with Gasteiger partial charge in [0.15, 0.2) is 17.2 Å². The molecule has 0 bridgehead atoms. The maximum Gasteiger partial charge on any atom is 0.182 e. The SMILES string of the molecule is CC(Nc1ncnc2nc[nH]c12)c1cc2cccc(Cl)c2c(-c2cc(CO)on2)n1. The molecule has 0 fully saturated rings. The number of hydrogen-bond donors (Lipinski definition) is 3. The van der Waals surface area contributed by atoms with Gasteiger partial charge in [-0.3, -0.25) is 0 Å². The molecule has 150 valence electrons. The minimum atomic E-state index is -0.246. The second-order valence-electron chi connectivity index (χ2n) is 6.76. The Hall–Kier alpha value is -3.56. The Kier molecular flexibility index (Phi) is 4.53. The molecule has 0 amide bonds. The molecule has 0 saturated carbocycles. The lowest BCUT2D eigenvalue weighted by Gasteiger charge is -2.16. The van der Waals surface area contributed by atoms with Crippen LogP contribution in [-0.4, -0.2) is 35.2 Å². The number of halogens is 1. The van der Waals surface area contributed by atoms with Crippen LogP contribution in [0.15, 0.2) is 47.5 Å². The molecule has 3 N–H and O–H groups in total. The summed E-state index contributed by atoms with van der Waals surface area (Å²) in [7, 11) is 0. The predicted octanol–water partition coefficient (Wildman–Crippen LogP) is 3.87. The normalized spacial score (nSPS) is 12.5. The highest BCUT2D eigenvalue weighted by atomic mass is 35.5. The van der Waals surface area contributed by atoms with Crippen molar-refractivity contribution in [1.29, 1.82) is 0 Å². The van der Waals surface area contributed by atoms with E-state index in [2.05, 4.69) is 30.4 Å². The Bertz CT molecular complexity index is 1360. The van der Waals surface area contributed by atoms with Crippen molar-refractivity contribution in [2.45, 2.75) is 19.6 Å². The van der Waals surface area contributed by atoms with Crippen LogP contribution in [0.4, 0.5) is 5.82 Å². The van der Waals surface area contributed by atoms with Crippen LogP contribution in [0.2, 0.25) is 5.02 Å². The van der Waals surface area contributed by atoms with Gasteiger partial charge in [-0.1, -0.05) is 28.9 Å². The summed E-state index contributed by atoms with van der Waals surface area (Å²) in [6.45, 7) is 1.74. The molecule has 1 unspecified atom stereocenters. The minimum Gasteiger partial charge on any atom is -0.388 e. The fraction of sp³-hybridized carbons (Fsp3) is 0.150. The van der Waals surface area contributed by atoms with E-state index in [1.807, 2.05) is 25.1 Å². The van der Waals surface area contributed by atoms with Crippen molar-refractivity contribution >= 4 is 39.4 Å². The molecular weight excluding hydrogens is 406 g/mol. The molecule has 0 radical (unpaired) electrons. The van der Waals surface area contributed by atoms with E-state index < -0.39 is 0 Å². The van der Waals surface area contributed by atoms with E-state index in [1.165, 1.54) is 6.33 Å². The van der Waals surface area contributed by atoms with Gasteiger partial charge in [0.25, 0.3) is 0 Å². The molecule has 1 aromatic carbocycles. The number of nitrogens with zero attached hydrogens (tertiary/aromatic N) is 5. The van der Waals surface area contributed by atoms with Crippen LogP contribution >= 0.6 is 11.6 Å². The first kappa shape index (κ1) is 18.5. The van der Waals surface area contributed by atoms with Gasteiger partial charge in [-0.25, -0.2) is 19.9 Å². The molecule has 30 heavy (non-hydrogen) atoms. The van der Waals surface area contributed by atoms with E-state index in [-0.39, 0.29) is 12.6 Å². The number of hydrogen-bond acceptors (Lipinski definition) is 8. The fourth-order valence-corrected chi connectivity index (χ4v) is 3.62. The second kappa shape index (κ2) is 7.36. The first-order chi connectivity index (χ1) is 14.6. The van der Waals surface area contributed by atoms with Crippen molar-refractivity contribution < 1.29 is 9.63 Å². The number of aliphatic hydroxyl groups excluding tert-OH is 1. The van der Waals surface area contributed by atoms with E-state index >= 15 is 0 Å². The van der Waals surface area contributed by atoms with E-state index in [4.69, 9.17) is 21.1 Å². The highest BCUT2D eigenvalue weighted by molar-refractivity contribution is 6.36. The molecule has 4 heterocycles. The van der Waals surface area contributed by atoms with Crippen LogP contribution in [0.5, 0.6) is 0 Å². The van der Waals surface area contributed by atoms with E-state index in [1.54, 1.807) is 18.5 Å². The van der Waals surface area contributed by atoms with Crippen molar-refractivity contribution in [3.8, 4) is 11.4 Å². The Labute approximate surface area is 175 Å². The topological polar surface area (TPSA) is 126 Å². The molecule has 0 aliphatic heterocycles. The molecule has 5 aromatic rings. The summed E-state index contributed by atoms with van der Waals surface area (Å²) < 4.78 is 5.17. The van der Waals surface area contributed by atoms with Gasteiger partial charge >= 0.3 is 0 Å². The van der Waals surface area contributed by atoms with Crippen molar-refractivity contribution in [3.63, 3.8) is 0 Å². The number of imidazole rings is 1. The number of rotatable bonds is 5. The van der Waals surface area contributed by atoms with Gasteiger partial charge in [0.2, 0.25) is 0 Å². The van der Waals surface area contributed by atoms with Gasteiger partial charge in [-0.15, -0.1) is 0 Å². The molecule has 10 heteroatoms. The standard InChI is InChI=1S/C20H16ClN7O2/c1-10(26-20-18-19(23-8-22-18)24-9-25-20)14-5-11-3-2-4-13(21)16(11)17(27-14)15-6-12(7-29)30-28-15/h2-6,8-10,29H,7H2,1H3,(H2,22,23,24,25,26). The summed E-state index contributed by atoms with van der Waals surface area (Å²) in [5, 5.41) is 19.0. The van der Waals surface area contributed by atoms with Gasteiger partial charge < -0.3 is 19.9 Å². The molecule has 0 spiro atoms. The van der Waals surface area contributed by atoms with Crippen molar-refractivity contribution in [2.24, 2.45) is 0 Å². The van der Waals surface area contributed by atoms with Gasteiger partial charge in [0.1, 0.15) is 29.8 Å². The van der Waals surface area contributed by atoms with Crippen molar-refractivity contribution in [1.82, 2.24) is 30.1 Å². The third kappa shape index (κ3) is 3.14. The quantitative estimate of drug-likeness (QED) is 0.390. The predicted molar refractivity (Wildman–Crippen MR) is 112 cm³/mol. The van der Waals surface area contributed by atoms with E-state index in [0.717, 1.165) is 22.0 Å². The van der Waals surface area contributed by atoms with Crippen LogP contribution in [-0.2, 0) is 6.61 Å². The maximum absolute atomic E-state index is 9.33. The summed E-state index contributed by atoms with van der Waals surface area (Å²) in [4.78, 5) is 20.5. The Morgan fingerprint density at radius 3 is 2.97 bits per heavy atom. The first-order valence-electron chi connectivity index (χ1n) is 9.20. The number of pyridine rings is 1. The van der Waals surface area contributed by atoms with E-state index in [9.17, 15) is 5.11 Å². The molecule has 5 rings (SSSR count). The number of anilines is 1. The molecule has 4 aromatic heterocycles. The molecule has 0 aliphatic rings. The molecule has 9 nitrogen and oxygen atoms in total. The largest absolute Gasteiger partial charge is 0.388 e. The van der Waals surface area contributed by atoms with Crippen LogP contribution < -0.4 is 5.32 Å². The van der Waals surface area contributed by atoms with Crippen LogP contribution in [0, 0.1) is 0 Å². The highest BCUT2D eigenvalue weighted by Gasteiger charge is 2.19. The summed E-state index contributed by atoms with van der Waals surface area (Å²) in [6, 6.07) is 9.09. The Balaban J connectivity index is 1.61. The minimum absolute atomic E-state index is 0.197. The third-order valence-corrected chi connectivity index (χ3v) is 5.12.